The number of imidazole rings is 1. The van der Waals surface area contributed by atoms with Crippen molar-refractivity contribution in [1.82, 2.24) is 14.3 Å². The molecule has 1 aromatic heterocycles. The lowest BCUT2D eigenvalue weighted by molar-refractivity contribution is 0.384. The van der Waals surface area contributed by atoms with Crippen LogP contribution in [0.15, 0.2) is 35.4 Å². The molecule has 0 saturated carbocycles. The molecule has 1 atom stereocenters. The van der Waals surface area contributed by atoms with Gasteiger partial charge in [0.05, 0.1) is 10.9 Å². The Morgan fingerprint density at radius 3 is 2.71 bits per heavy atom. The van der Waals surface area contributed by atoms with Crippen molar-refractivity contribution in [3.63, 3.8) is 0 Å². The molecule has 2 aromatic rings. The van der Waals surface area contributed by atoms with E-state index >= 15 is 0 Å². The average Bonchev–Trinajstić information content (AvgIpc) is 3.07. The second kappa shape index (κ2) is 5.27. The lowest BCUT2D eigenvalue weighted by Gasteiger charge is -2.23. The van der Waals surface area contributed by atoms with Gasteiger partial charge in [-0.05, 0) is 38.3 Å². The number of benzene rings is 1. The van der Waals surface area contributed by atoms with Crippen LogP contribution in [0.2, 0.25) is 0 Å². The van der Waals surface area contributed by atoms with Crippen molar-refractivity contribution in [3.05, 3.63) is 47.5 Å². The van der Waals surface area contributed by atoms with Crippen LogP contribution in [-0.4, -0.2) is 29.2 Å². The number of sulfonamides is 1. The Balaban J connectivity index is 2.00. The number of hydrogen-bond donors (Lipinski definition) is 1. The van der Waals surface area contributed by atoms with Gasteiger partial charge in [0.25, 0.3) is 0 Å². The molecule has 1 aliphatic heterocycles. The first-order valence-electron chi connectivity index (χ1n) is 7.09. The zero-order valence-electron chi connectivity index (χ0n) is 12.2. The molecule has 0 spiro atoms. The van der Waals surface area contributed by atoms with E-state index in [1.165, 1.54) is 0 Å². The molecule has 6 heteroatoms. The van der Waals surface area contributed by atoms with E-state index < -0.39 is 10.0 Å². The highest BCUT2D eigenvalue weighted by molar-refractivity contribution is 7.89. The molecule has 112 valence electrons. The Morgan fingerprint density at radius 1 is 1.29 bits per heavy atom. The van der Waals surface area contributed by atoms with E-state index in [2.05, 4.69) is 9.97 Å². The number of aromatic nitrogens is 2. The quantitative estimate of drug-likeness (QED) is 0.947. The molecule has 0 aliphatic carbocycles. The van der Waals surface area contributed by atoms with Crippen LogP contribution < -0.4 is 0 Å². The number of nitrogens with one attached hydrogen (secondary N) is 1. The zero-order valence-corrected chi connectivity index (χ0v) is 13.0. The van der Waals surface area contributed by atoms with Crippen LogP contribution in [0.5, 0.6) is 0 Å². The summed E-state index contributed by atoms with van der Waals surface area (Å²) < 4.78 is 27.4. The van der Waals surface area contributed by atoms with Crippen LogP contribution in [-0.2, 0) is 10.0 Å². The number of aromatic amines is 1. The van der Waals surface area contributed by atoms with Gasteiger partial charge in [0.2, 0.25) is 10.0 Å². The summed E-state index contributed by atoms with van der Waals surface area (Å²) in [5, 5.41) is 0. The molecule has 3 rings (SSSR count). The van der Waals surface area contributed by atoms with Crippen molar-refractivity contribution in [3.8, 4) is 0 Å². The topological polar surface area (TPSA) is 66.1 Å². The Labute approximate surface area is 125 Å². The summed E-state index contributed by atoms with van der Waals surface area (Å²) in [6, 6.07) is 6.93. The number of aryl methyl sites for hydroxylation is 2. The van der Waals surface area contributed by atoms with Gasteiger partial charge >= 0.3 is 0 Å². The highest BCUT2D eigenvalue weighted by Crippen LogP contribution is 2.35. The van der Waals surface area contributed by atoms with E-state index in [0.717, 1.165) is 29.9 Å². The second-order valence-electron chi connectivity index (χ2n) is 5.49. The maximum Gasteiger partial charge on any atom is 0.243 e. The van der Waals surface area contributed by atoms with Gasteiger partial charge in [-0.3, -0.25) is 0 Å². The molecule has 1 N–H and O–H groups in total. The maximum absolute atomic E-state index is 12.9. The van der Waals surface area contributed by atoms with Crippen LogP contribution in [0, 0.1) is 13.8 Å². The fraction of sp³-hybridized carbons (Fsp3) is 0.400. The summed E-state index contributed by atoms with van der Waals surface area (Å²) in [4.78, 5) is 7.87. The fourth-order valence-electron chi connectivity index (χ4n) is 2.88. The van der Waals surface area contributed by atoms with E-state index in [-0.39, 0.29) is 6.04 Å². The molecular weight excluding hydrogens is 286 g/mol. The Morgan fingerprint density at radius 2 is 2.05 bits per heavy atom. The van der Waals surface area contributed by atoms with Gasteiger partial charge in [-0.1, -0.05) is 18.2 Å². The Hall–Kier alpha value is -1.66. The molecule has 5 nitrogen and oxygen atoms in total. The molecular formula is C15H19N3O2S. The van der Waals surface area contributed by atoms with E-state index in [1.54, 1.807) is 22.6 Å². The number of rotatable bonds is 3. The second-order valence-corrected chi connectivity index (χ2v) is 7.35. The minimum absolute atomic E-state index is 0.191. The van der Waals surface area contributed by atoms with Crippen molar-refractivity contribution >= 4 is 10.0 Å². The molecule has 0 radical (unpaired) electrons. The molecule has 1 aliphatic rings. The zero-order chi connectivity index (χ0) is 15.0. The van der Waals surface area contributed by atoms with Crippen LogP contribution in [0.25, 0.3) is 0 Å². The summed E-state index contributed by atoms with van der Waals surface area (Å²) in [6.45, 7) is 4.29. The fourth-order valence-corrected chi connectivity index (χ4v) is 4.76. The largest absolute Gasteiger partial charge is 0.345 e. The molecule has 1 fully saturated rings. The first-order chi connectivity index (χ1) is 10.00. The van der Waals surface area contributed by atoms with Crippen LogP contribution in [0.1, 0.15) is 36.0 Å². The van der Waals surface area contributed by atoms with Gasteiger partial charge in [0.1, 0.15) is 5.82 Å². The van der Waals surface area contributed by atoms with E-state index in [4.69, 9.17) is 0 Å². The highest BCUT2D eigenvalue weighted by Gasteiger charge is 2.38. The lowest BCUT2D eigenvalue weighted by atomic mass is 10.2. The van der Waals surface area contributed by atoms with Gasteiger partial charge in [-0.2, -0.15) is 4.31 Å². The Bertz CT molecular complexity index is 752. The van der Waals surface area contributed by atoms with E-state index in [1.807, 2.05) is 26.0 Å². The van der Waals surface area contributed by atoms with E-state index in [9.17, 15) is 8.42 Å². The lowest BCUT2D eigenvalue weighted by Crippen LogP contribution is -2.31. The number of hydrogen-bond acceptors (Lipinski definition) is 3. The van der Waals surface area contributed by atoms with Crippen LogP contribution in [0.3, 0.4) is 0 Å². The number of H-pyrrole nitrogens is 1. The third kappa shape index (κ3) is 2.49. The predicted molar refractivity (Wildman–Crippen MR) is 80.4 cm³/mol. The third-order valence-corrected chi connectivity index (χ3v) is 5.99. The van der Waals surface area contributed by atoms with Gasteiger partial charge in [-0.25, -0.2) is 13.4 Å². The molecule has 0 amide bonds. The van der Waals surface area contributed by atoms with Gasteiger partial charge < -0.3 is 4.98 Å². The molecule has 0 bridgehead atoms. The van der Waals surface area contributed by atoms with Gasteiger partial charge in [-0.15, -0.1) is 0 Å². The smallest absolute Gasteiger partial charge is 0.243 e. The molecule has 21 heavy (non-hydrogen) atoms. The molecule has 0 unspecified atom stereocenters. The van der Waals surface area contributed by atoms with Crippen molar-refractivity contribution < 1.29 is 8.42 Å². The summed E-state index contributed by atoms with van der Waals surface area (Å²) in [6.07, 6.45) is 3.40. The molecule has 1 aromatic carbocycles. The number of nitrogens with zero attached hydrogens (tertiary/aromatic N) is 2. The van der Waals surface area contributed by atoms with Gasteiger partial charge in [0, 0.05) is 18.4 Å². The standard InChI is InChI=1S/C15H19N3O2S/c1-11-6-3-4-8-14(11)21(19,20)18-9-5-7-13(18)15-16-10-12(2)17-15/h3-4,6,8,10,13H,5,7,9H2,1-2H3,(H,16,17)/t13-/m1/s1. The first-order valence-corrected chi connectivity index (χ1v) is 8.53. The molecule has 2 heterocycles. The van der Waals surface area contributed by atoms with Gasteiger partial charge in [0.15, 0.2) is 0 Å². The van der Waals surface area contributed by atoms with Crippen LogP contribution >= 0.6 is 0 Å². The maximum atomic E-state index is 12.9. The van der Waals surface area contributed by atoms with Crippen molar-refractivity contribution in [1.29, 1.82) is 0 Å². The normalized spacial score (nSPS) is 20.0. The summed E-state index contributed by atoms with van der Waals surface area (Å²) in [5.41, 5.74) is 1.73. The van der Waals surface area contributed by atoms with Crippen molar-refractivity contribution in [2.45, 2.75) is 37.6 Å². The van der Waals surface area contributed by atoms with Crippen molar-refractivity contribution in [2.75, 3.05) is 6.54 Å². The highest BCUT2D eigenvalue weighted by atomic mass is 32.2. The minimum atomic E-state index is -3.48. The first kappa shape index (κ1) is 14.3. The predicted octanol–water partition coefficient (Wildman–Crippen LogP) is 2.55. The third-order valence-electron chi connectivity index (χ3n) is 3.92. The Kier molecular flexibility index (Phi) is 3.59. The average molecular weight is 305 g/mol. The van der Waals surface area contributed by atoms with Crippen molar-refractivity contribution in [2.24, 2.45) is 0 Å². The van der Waals surface area contributed by atoms with Crippen LogP contribution in [0.4, 0.5) is 0 Å². The monoisotopic (exact) mass is 305 g/mol. The SMILES string of the molecule is Cc1cnc([C@H]2CCCN2S(=O)(=O)c2ccccc2C)[nH]1. The summed E-state index contributed by atoms with van der Waals surface area (Å²) >= 11 is 0. The van der Waals surface area contributed by atoms with E-state index in [0.29, 0.717) is 11.4 Å². The minimum Gasteiger partial charge on any atom is -0.345 e. The summed E-state index contributed by atoms with van der Waals surface area (Å²) in [5.74, 6) is 0.738. The summed E-state index contributed by atoms with van der Waals surface area (Å²) in [7, 11) is -3.48. The molecule has 1 saturated heterocycles.